The first-order valence-electron chi connectivity index (χ1n) is 6.45. The Labute approximate surface area is 116 Å². The number of nitrogens with zero attached hydrogens (tertiary/aromatic N) is 4. The van der Waals surface area contributed by atoms with Crippen molar-refractivity contribution in [3.05, 3.63) is 41.2 Å². The second-order valence-electron chi connectivity index (χ2n) is 4.60. The van der Waals surface area contributed by atoms with Gasteiger partial charge in [0, 0.05) is 5.56 Å². The van der Waals surface area contributed by atoms with Gasteiger partial charge in [-0.25, -0.2) is 4.98 Å². The van der Waals surface area contributed by atoms with Crippen molar-refractivity contribution in [2.24, 2.45) is 0 Å². The van der Waals surface area contributed by atoms with Crippen LogP contribution in [0.5, 0.6) is 0 Å². The molecular formula is C15H13N5. The number of aromatic amines is 1. The van der Waals surface area contributed by atoms with Gasteiger partial charge in [-0.05, 0) is 31.5 Å². The number of nitrogens with one attached hydrogen (secondary N) is 1. The number of benzene rings is 1. The highest BCUT2D eigenvalue weighted by molar-refractivity contribution is 5.84. The summed E-state index contributed by atoms with van der Waals surface area (Å²) in [4.78, 5) is 7.82. The fraction of sp³-hybridized carbons (Fsp3) is 0.200. The van der Waals surface area contributed by atoms with Gasteiger partial charge in [0.05, 0.1) is 22.5 Å². The van der Waals surface area contributed by atoms with Gasteiger partial charge in [-0.1, -0.05) is 13.0 Å². The summed E-state index contributed by atoms with van der Waals surface area (Å²) in [6, 6.07) is 9.66. The molecule has 2 aromatic heterocycles. The third-order valence-corrected chi connectivity index (χ3v) is 3.22. The zero-order valence-corrected chi connectivity index (χ0v) is 11.3. The molecule has 0 fully saturated rings. The minimum absolute atomic E-state index is 0.571. The predicted octanol–water partition coefficient (Wildman–Crippen LogP) is 2.76. The number of hydrogen-bond acceptors (Lipinski definition) is 4. The number of para-hydroxylation sites is 1. The summed E-state index contributed by atoms with van der Waals surface area (Å²) in [6.07, 6.45) is 0.783. The van der Waals surface area contributed by atoms with Crippen LogP contribution >= 0.6 is 0 Å². The van der Waals surface area contributed by atoms with Crippen molar-refractivity contribution in [3.8, 4) is 17.5 Å². The maximum atomic E-state index is 9.13. The molecule has 1 N–H and O–H groups in total. The molecule has 0 aliphatic heterocycles. The van der Waals surface area contributed by atoms with Gasteiger partial charge >= 0.3 is 0 Å². The van der Waals surface area contributed by atoms with E-state index >= 15 is 0 Å². The Hall–Kier alpha value is -2.74. The van der Waals surface area contributed by atoms with Crippen LogP contribution in [0.25, 0.3) is 22.4 Å². The molecule has 0 bridgehead atoms. The van der Waals surface area contributed by atoms with Crippen molar-refractivity contribution in [2.45, 2.75) is 20.3 Å². The van der Waals surface area contributed by atoms with Gasteiger partial charge in [0.25, 0.3) is 0 Å². The van der Waals surface area contributed by atoms with Crippen molar-refractivity contribution in [1.82, 2.24) is 20.2 Å². The maximum absolute atomic E-state index is 9.13. The molecule has 0 saturated carbocycles. The predicted molar refractivity (Wildman–Crippen MR) is 75.9 cm³/mol. The molecule has 20 heavy (non-hydrogen) atoms. The topological polar surface area (TPSA) is 78.2 Å². The Bertz CT molecular complexity index is 826. The van der Waals surface area contributed by atoms with E-state index in [9.17, 15) is 0 Å². The SMILES string of the molecule is CCc1nnc(C)cc1-c1nc2c(C#N)cccc2[nH]1. The minimum Gasteiger partial charge on any atom is -0.338 e. The van der Waals surface area contributed by atoms with Crippen molar-refractivity contribution < 1.29 is 0 Å². The number of aryl methyl sites for hydroxylation is 2. The zero-order valence-electron chi connectivity index (χ0n) is 11.3. The molecular weight excluding hydrogens is 250 g/mol. The van der Waals surface area contributed by atoms with Gasteiger partial charge < -0.3 is 4.98 Å². The molecule has 0 aliphatic carbocycles. The van der Waals surface area contributed by atoms with E-state index in [1.807, 2.05) is 32.0 Å². The number of rotatable bonds is 2. The van der Waals surface area contributed by atoms with Crippen LogP contribution in [-0.2, 0) is 6.42 Å². The van der Waals surface area contributed by atoms with Gasteiger partial charge in [-0.15, -0.1) is 0 Å². The second kappa shape index (κ2) is 4.74. The fourth-order valence-corrected chi connectivity index (χ4v) is 2.23. The summed E-state index contributed by atoms with van der Waals surface area (Å²) in [7, 11) is 0. The lowest BCUT2D eigenvalue weighted by molar-refractivity contribution is 0.893. The standard InChI is InChI=1S/C15H13N5/c1-3-12-11(7-9(2)19-20-12)15-17-13-6-4-5-10(8-16)14(13)18-15/h4-7H,3H2,1-2H3,(H,17,18). The largest absolute Gasteiger partial charge is 0.338 e. The highest BCUT2D eigenvalue weighted by atomic mass is 15.1. The van der Waals surface area contributed by atoms with Gasteiger partial charge in [0.1, 0.15) is 17.4 Å². The highest BCUT2D eigenvalue weighted by Gasteiger charge is 2.13. The van der Waals surface area contributed by atoms with Crippen LogP contribution in [0, 0.1) is 18.3 Å². The lowest BCUT2D eigenvalue weighted by Gasteiger charge is -2.03. The van der Waals surface area contributed by atoms with Crippen LogP contribution in [0.1, 0.15) is 23.9 Å². The maximum Gasteiger partial charge on any atom is 0.140 e. The Balaban J connectivity index is 2.26. The molecule has 98 valence electrons. The van der Waals surface area contributed by atoms with Gasteiger partial charge in [-0.2, -0.15) is 15.5 Å². The normalized spacial score (nSPS) is 10.7. The molecule has 0 aliphatic rings. The summed E-state index contributed by atoms with van der Waals surface area (Å²) < 4.78 is 0. The third kappa shape index (κ3) is 1.91. The molecule has 0 amide bonds. The van der Waals surface area contributed by atoms with E-state index in [-0.39, 0.29) is 0 Å². The van der Waals surface area contributed by atoms with E-state index in [0.29, 0.717) is 11.1 Å². The van der Waals surface area contributed by atoms with Crippen molar-refractivity contribution in [3.63, 3.8) is 0 Å². The average Bonchev–Trinajstić information content (AvgIpc) is 2.90. The molecule has 0 spiro atoms. The summed E-state index contributed by atoms with van der Waals surface area (Å²) in [5.41, 5.74) is 4.81. The van der Waals surface area contributed by atoms with E-state index < -0.39 is 0 Å². The van der Waals surface area contributed by atoms with Crippen LogP contribution in [0.2, 0.25) is 0 Å². The van der Waals surface area contributed by atoms with Crippen LogP contribution < -0.4 is 0 Å². The number of imidazole rings is 1. The van der Waals surface area contributed by atoms with E-state index in [1.165, 1.54) is 0 Å². The van der Waals surface area contributed by atoms with Crippen molar-refractivity contribution >= 4 is 11.0 Å². The van der Waals surface area contributed by atoms with Crippen LogP contribution in [0.3, 0.4) is 0 Å². The lowest BCUT2D eigenvalue weighted by atomic mass is 10.1. The monoisotopic (exact) mass is 263 g/mol. The quantitative estimate of drug-likeness (QED) is 0.771. The molecule has 2 heterocycles. The second-order valence-corrected chi connectivity index (χ2v) is 4.60. The molecule has 3 aromatic rings. The average molecular weight is 263 g/mol. The van der Waals surface area contributed by atoms with E-state index in [0.717, 1.165) is 34.7 Å². The first-order chi connectivity index (χ1) is 9.72. The van der Waals surface area contributed by atoms with Crippen molar-refractivity contribution in [1.29, 1.82) is 5.26 Å². The van der Waals surface area contributed by atoms with Crippen LogP contribution in [0.15, 0.2) is 24.3 Å². The molecule has 3 rings (SSSR count). The molecule has 0 radical (unpaired) electrons. The first-order valence-corrected chi connectivity index (χ1v) is 6.45. The Kier molecular flexibility index (Phi) is 2.92. The van der Waals surface area contributed by atoms with E-state index in [2.05, 4.69) is 26.2 Å². The highest BCUT2D eigenvalue weighted by Crippen LogP contribution is 2.24. The van der Waals surface area contributed by atoms with Gasteiger partial charge in [0.15, 0.2) is 0 Å². The van der Waals surface area contributed by atoms with E-state index in [4.69, 9.17) is 5.26 Å². The fourth-order valence-electron chi connectivity index (χ4n) is 2.23. The summed E-state index contributed by atoms with van der Waals surface area (Å²) >= 11 is 0. The first kappa shape index (κ1) is 12.3. The number of fused-ring (bicyclic) bond motifs is 1. The molecule has 0 saturated heterocycles. The Morgan fingerprint density at radius 1 is 1.30 bits per heavy atom. The van der Waals surface area contributed by atoms with E-state index in [1.54, 1.807) is 6.07 Å². The minimum atomic E-state index is 0.571. The number of aromatic nitrogens is 4. The molecule has 0 unspecified atom stereocenters. The lowest BCUT2D eigenvalue weighted by Crippen LogP contribution is -1.98. The smallest absolute Gasteiger partial charge is 0.140 e. The summed E-state index contributed by atoms with van der Waals surface area (Å²) in [5.74, 6) is 0.734. The van der Waals surface area contributed by atoms with Gasteiger partial charge in [0.2, 0.25) is 0 Å². The van der Waals surface area contributed by atoms with Crippen LogP contribution in [-0.4, -0.2) is 20.2 Å². The Morgan fingerprint density at radius 3 is 2.90 bits per heavy atom. The summed E-state index contributed by atoms with van der Waals surface area (Å²) in [5, 5.41) is 17.4. The summed E-state index contributed by atoms with van der Waals surface area (Å²) in [6.45, 7) is 3.94. The molecule has 0 atom stereocenters. The third-order valence-electron chi connectivity index (χ3n) is 3.22. The Morgan fingerprint density at radius 2 is 2.15 bits per heavy atom. The zero-order chi connectivity index (χ0) is 14.1. The molecule has 1 aromatic carbocycles. The number of hydrogen-bond donors (Lipinski definition) is 1. The van der Waals surface area contributed by atoms with Crippen LogP contribution in [0.4, 0.5) is 0 Å². The van der Waals surface area contributed by atoms with Gasteiger partial charge in [-0.3, -0.25) is 0 Å². The molecule has 5 nitrogen and oxygen atoms in total. The number of nitriles is 1. The number of H-pyrrole nitrogens is 1. The van der Waals surface area contributed by atoms with Crippen molar-refractivity contribution in [2.75, 3.05) is 0 Å². The molecule has 5 heteroatoms.